The van der Waals surface area contributed by atoms with E-state index in [-0.39, 0.29) is 22.6 Å². The summed E-state index contributed by atoms with van der Waals surface area (Å²) in [7, 11) is 0. The van der Waals surface area contributed by atoms with Crippen LogP contribution in [0.15, 0.2) is 79.1 Å². The lowest BCUT2D eigenvalue weighted by Gasteiger charge is -2.40. The molecule has 4 saturated heterocycles. The fraction of sp³-hybridized carbons (Fsp3) is 0.444. The van der Waals surface area contributed by atoms with Crippen LogP contribution < -0.4 is 34.5 Å². The normalized spacial score (nSPS) is 33.1. The van der Waals surface area contributed by atoms with Crippen LogP contribution in [0.4, 0.5) is 0 Å². The van der Waals surface area contributed by atoms with Gasteiger partial charge in [-0.3, -0.25) is 9.59 Å². The van der Waals surface area contributed by atoms with Crippen molar-refractivity contribution in [1.82, 2.24) is 0 Å². The predicted octanol–water partition coefficient (Wildman–Crippen LogP) is -4.41. The van der Waals surface area contributed by atoms with E-state index in [0.717, 1.165) is 30.3 Å². The number of fused-ring (bicyclic) bond motifs is 2. The fourth-order valence-electron chi connectivity index (χ4n) is 9.95. The maximum Gasteiger partial charge on any atom is 0.239 e. The molecular weight excluding hydrogens is 1160 g/mol. The molecule has 0 amide bonds. The molecule has 466 valence electrons. The summed E-state index contributed by atoms with van der Waals surface area (Å²) in [6.45, 7) is -1.54. The third-order valence-corrected chi connectivity index (χ3v) is 14.8. The predicted molar refractivity (Wildman–Crippen MR) is 279 cm³/mol. The summed E-state index contributed by atoms with van der Waals surface area (Å²) in [5.74, 6) is -8.91. The van der Waals surface area contributed by atoms with Crippen LogP contribution in [0.3, 0.4) is 0 Å². The summed E-state index contributed by atoms with van der Waals surface area (Å²) in [6, 6.07) is 10.7. The summed E-state index contributed by atoms with van der Waals surface area (Å²) in [6.07, 6.45) is -38.5. The van der Waals surface area contributed by atoms with Gasteiger partial charge in [0.15, 0.2) is 34.2 Å². The van der Waals surface area contributed by atoms with Crippen LogP contribution in [-0.4, -0.2) is 240 Å². The SMILES string of the molecule is C[C@@H]1O[C@@H](Oc2cc(O)c3c(=O)c(O[C@@H]4O[C@H](CO)[C@@H](O)[C@H](O)[C@H]4O)c(-c4ccc(O)cc4)oc3c2OC[C@@H]2O[C@@H](Oc3cc(O)c4c(=O)c(O[C@@H]5O[C@H](CO)[C@@H](O)[C@H](O)[C@H]5O)c(-c5ccc(O)cc5)oc4c3O)[C@H](O)[C@H](O)[C@H]2O)[C@H](O)[C@H](O)[C@H]1O. The minimum absolute atomic E-state index is 0.0707. The summed E-state index contributed by atoms with van der Waals surface area (Å²) < 4.78 is 64.0. The van der Waals surface area contributed by atoms with Gasteiger partial charge in [0.1, 0.15) is 132 Å². The zero-order chi connectivity index (χ0) is 62.1. The number of phenols is 5. The number of aliphatic hydroxyl groups is 14. The van der Waals surface area contributed by atoms with Crippen LogP contribution in [0, 0.1) is 0 Å². The largest absolute Gasteiger partial charge is 0.508 e. The van der Waals surface area contributed by atoms with Crippen LogP contribution in [0.1, 0.15) is 6.92 Å². The molecule has 20 atom stereocenters. The van der Waals surface area contributed by atoms with Crippen molar-refractivity contribution in [3.63, 3.8) is 0 Å². The van der Waals surface area contributed by atoms with Crippen molar-refractivity contribution in [2.75, 3.05) is 19.8 Å². The van der Waals surface area contributed by atoms with E-state index >= 15 is 0 Å². The molecule has 2 aromatic heterocycles. The standard InChI is InChI=1S/C54H58O32/c1-15-29(61)36(68)40(72)51(77-15)79-23-11-21(60)28-35(67)50(86-54-43(75)38(70)31(63)25(13-56)81-54)45(17-4-8-19(58)9-5-17)84-48(28)46(23)76-14-26-32(64)39(71)41(73)52(82-26)78-22-10-20(59)27-34(66)49(85-53-42(74)37(69)30(62)24(12-55)80-53)44(83-47(27)33(22)65)16-2-6-18(57)7-3-16/h2-11,15,24-26,29-32,36-43,51-65,68-75H,12-14H2,1H3/t15-,24+,25+,26-,29-,30+,31+,32-,36+,37-,38-,39+,40+,41+,42+,43+,51-,52+,53-,54-/m0/s1. The van der Waals surface area contributed by atoms with Gasteiger partial charge in [-0.05, 0) is 55.5 Å². The molecule has 86 heavy (non-hydrogen) atoms. The third kappa shape index (κ3) is 11.2. The Morgan fingerprint density at radius 3 is 1.26 bits per heavy atom. The van der Waals surface area contributed by atoms with Crippen molar-refractivity contribution < 1.29 is 148 Å². The van der Waals surface area contributed by atoms with Gasteiger partial charge >= 0.3 is 0 Å². The van der Waals surface area contributed by atoms with Crippen LogP contribution in [-0.2, 0) is 18.9 Å². The highest BCUT2D eigenvalue weighted by molar-refractivity contribution is 5.94. The molecule has 6 heterocycles. The Bertz CT molecular complexity index is 3540. The van der Waals surface area contributed by atoms with E-state index in [1.165, 1.54) is 31.2 Å². The van der Waals surface area contributed by atoms with Gasteiger partial charge in [-0.25, -0.2) is 0 Å². The van der Waals surface area contributed by atoms with E-state index in [0.29, 0.717) is 6.07 Å². The average Bonchev–Trinajstić information content (AvgIpc) is 0.817. The molecular formula is C54H58O32. The molecule has 0 saturated carbocycles. The Balaban J connectivity index is 1.03. The van der Waals surface area contributed by atoms with Gasteiger partial charge in [-0.15, -0.1) is 0 Å². The molecule has 0 aliphatic carbocycles. The van der Waals surface area contributed by atoms with E-state index < -0.39 is 233 Å². The van der Waals surface area contributed by atoms with E-state index in [4.69, 9.17) is 51.5 Å². The first-order valence-electron chi connectivity index (χ1n) is 26.1. The van der Waals surface area contributed by atoms with Gasteiger partial charge < -0.3 is 148 Å². The number of ether oxygens (including phenoxy) is 9. The van der Waals surface area contributed by atoms with Crippen molar-refractivity contribution >= 4 is 21.9 Å². The summed E-state index contributed by atoms with van der Waals surface area (Å²) in [4.78, 5) is 29.1. The van der Waals surface area contributed by atoms with Crippen molar-refractivity contribution in [3.8, 4) is 80.1 Å². The van der Waals surface area contributed by atoms with Gasteiger partial charge in [0, 0.05) is 23.3 Å². The van der Waals surface area contributed by atoms with Gasteiger partial charge in [0.05, 0.1) is 19.3 Å². The van der Waals surface area contributed by atoms with E-state index in [2.05, 4.69) is 0 Å². The molecule has 4 aliphatic heterocycles. The molecule has 19 N–H and O–H groups in total. The van der Waals surface area contributed by atoms with E-state index in [9.17, 15) is 107 Å². The maximum absolute atomic E-state index is 14.8. The topological polar surface area (TPSA) is 528 Å². The van der Waals surface area contributed by atoms with Gasteiger partial charge in [-0.1, -0.05) is 0 Å². The van der Waals surface area contributed by atoms with Crippen molar-refractivity contribution in [3.05, 3.63) is 81.1 Å². The Hall–Kier alpha value is -7.42. The van der Waals surface area contributed by atoms with Crippen molar-refractivity contribution in [2.24, 2.45) is 0 Å². The first kappa shape index (κ1) is 61.7. The van der Waals surface area contributed by atoms with Gasteiger partial charge in [0.25, 0.3) is 0 Å². The second-order valence-corrected chi connectivity index (χ2v) is 20.5. The lowest BCUT2D eigenvalue weighted by molar-refractivity contribution is -0.277. The highest BCUT2D eigenvalue weighted by Crippen LogP contribution is 2.48. The number of hydrogen-bond donors (Lipinski definition) is 19. The first-order valence-corrected chi connectivity index (χ1v) is 26.1. The minimum atomic E-state index is -2.25. The van der Waals surface area contributed by atoms with Crippen LogP contribution >= 0.6 is 0 Å². The molecule has 6 aromatic rings. The zero-order valence-electron chi connectivity index (χ0n) is 44.2. The monoisotopic (exact) mass is 1220 g/mol. The van der Waals surface area contributed by atoms with Crippen LogP contribution in [0.25, 0.3) is 44.6 Å². The van der Waals surface area contributed by atoms with E-state index in [1.807, 2.05) is 0 Å². The zero-order valence-corrected chi connectivity index (χ0v) is 44.2. The van der Waals surface area contributed by atoms with E-state index in [1.54, 1.807) is 0 Å². The van der Waals surface area contributed by atoms with Crippen molar-refractivity contribution in [2.45, 2.75) is 130 Å². The lowest BCUT2D eigenvalue weighted by Crippen LogP contribution is -2.60. The summed E-state index contributed by atoms with van der Waals surface area (Å²) in [5, 5.41) is 202. The fourth-order valence-corrected chi connectivity index (χ4v) is 9.95. The Morgan fingerprint density at radius 1 is 0.419 bits per heavy atom. The average molecular weight is 1220 g/mol. The smallest absolute Gasteiger partial charge is 0.239 e. The molecule has 0 bridgehead atoms. The second kappa shape index (κ2) is 24.4. The number of rotatable bonds is 15. The van der Waals surface area contributed by atoms with Crippen molar-refractivity contribution in [1.29, 1.82) is 0 Å². The number of phenolic OH excluding ortho intramolecular Hbond substituents is 5. The minimum Gasteiger partial charge on any atom is -0.508 e. The molecule has 0 unspecified atom stereocenters. The highest BCUT2D eigenvalue weighted by atomic mass is 16.7. The molecule has 0 spiro atoms. The molecule has 32 nitrogen and oxygen atoms in total. The number of benzene rings is 4. The first-order chi connectivity index (χ1) is 40.8. The van der Waals surface area contributed by atoms with Crippen LogP contribution in [0.2, 0.25) is 0 Å². The molecule has 0 radical (unpaired) electrons. The summed E-state index contributed by atoms with van der Waals surface area (Å²) in [5.41, 5.74) is -4.39. The molecule has 4 aliphatic rings. The van der Waals surface area contributed by atoms with Gasteiger partial charge in [0.2, 0.25) is 59.0 Å². The molecule has 32 heteroatoms. The molecule has 4 aromatic carbocycles. The van der Waals surface area contributed by atoms with Crippen LogP contribution in [0.5, 0.6) is 57.5 Å². The highest BCUT2D eigenvalue weighted by Gasteiger charge is 2.50. The number of hydrogen-bond acceptors (Lipinski definition) is 32. The quantitative estimate of drug-likeness (QED) is 0.0432. The Labute approximate surface area is 480 Å². The molecule has 10 rings (SSSR count). The maximum atomic E-state index is 14.8. The molecule has 4 fully saturated rings. The lowest BCUT2D eigenvalue weighted by atomic mass is 9.99. The Kier molecular flexibility index (Phi) is 17.5. The second-order valence-electron chi connectivity index (χ2n) is 20.5. The number of aliphatic hydroxyl groups excluding tert-OH is 14. The Morgan fingerprint density at radius 2 is 0.791 bits per heavy atom. The number of aromatic hydroxyl groups is 5. The van der Waals surface area contributed by atoms with Gasteiger partial charge in [-0.2, -0.15) is 0 Å². The summed E-state index contributed by atoms with van der Waals surface area (Å²) >= 11 is 0. The third-order valence-electron chi connectivity index (χ3n) is 14.8.